The van der Waals surface area contributed by atoms with E-state index in [1.54, 1.807) is 12.3 Å². The summed E-state index contributed by atoms with van der Waals surface area (Å²) in [6.45, 7) is 0.0643. The fraction of sp³-hybridized carbons (Fsp3) is 0.182. The van der Waals surface area contributed by atoms with Crippen molar-refractivity contribution in [3.05, 3.63) is 74.7 Å². The molecule has 0 aliphatic rings. The van der Waals surface area contributed by atoms with Crippen molar-refractivity contribution in [3.8, 4) is 11.5 Å². The Morgan fingerprint density at radius 1 is 1.26 bits per heavy atom. The molecule has 0 fully saturated rings. The maximum absolute atomic E-state index is 12.8. The highest BCUT2D eigenvalue weighted by Crippen LogP contribution is 2.41. The number of rotatable bonds is 9. The first kappa shape index (κ1) is 25.2. The Kier molecular flexibility index (Phi) is 9.05. The lowest BCUT2D eigenvalue weighted by atomic mass is 10.1. The Morgan fingerprint density at radius 2 is 2.03 bits per heavy atom. The second-order valence-corrected chi connectivity index (χ2v) is 8.50. The number of carbonyl (C=O) groups excluding carboxylic acids is 2. The van der Waals surface area contributed by atoms with Gasteiger partial charge in [-0.05, 0) is 43.5 Å². The molecule has 0 bridgehead atoms. The van der Waals surface area contributed by atoms with Crippen LogP contribution < -0.4 is 15.5 Å². The molecule has 1 atom stereocenters. The van der Waals surface area contributed by atoms with Crippen LogP contribution in [0, 0.1) is 0 Å². The molecule has 3 aromatic rings. The molecule has 0 saturated carbocycles. The highest BCUT2D eigenvalue weighted by atomic mass is 79.9. The number of methoxy groups -OCH3 is 1. The van der Waals surface area contributed by atoms with Crippen LogP contribution in [-0.4, -0.2) is 46.4 Å². The number of imidazole rings is 1. The molecule has 0 saturated heterocycles. The van der Waals surface area contributed by atoms with E-state index < -0.39 is 18.0 Å². The fourth-order valence-corrected chi connectivity index (χ4v) is 3.67. The predicted molar refractivity (Wildman–Crippen MR) is 132 cm³/mol. The van der Waals surface area contributed by atoms with Crippen LogP contribution in [0.4, 0.5) is 4.79 Å². The average Bonchev–Trinajstić information content (AvgIpc) is 3.36. The van der Waals surface area contributed by atoms with Gasteiger partial charge in [0.25, 0.3) is 5.91 Å². The zero-order valence-corrected chi connectivity index (χ0v) is 21.1. The minimum absolute atomic E-state index is 0.0643. The van der Waals surface area contributed by atoms with Crippen molar-refractivity contribution in [2.45, 2.75) is 19.1 Å². The van der Waals surface area contributed by atoms with Crippen LogP contribution in [0.15, 0.2) is 63.0 Å². The highest BCUT2D eigenvalue weighted by molar-refractivity contribution is 9.13. The molecule has 1 heterocycles. The summed E-state index contributed by atoms with van der Waals surface area (Å²) in [5, 5.41) is 16.6. The fourth-order valence-electron chi connectivity index (χ4n) is 2.84. The maximum Gasteiger partial charge on any atom is 0.408 e. The number of aromatic hydroxyl groups is 1. The number of alkyl carbamates (subject to hydrolysis) is 1. The van der Waals surface area contributed by atoms with Crippen molar-refractivity contribution in [1.29, 1.82) is 0 Å². The average molecular weight is 595 g/mol. The Bertz CT molecular complexity index is 1160. The van der Waals surface area contributed by atoms with Gasteiger partial charge in [0, 0.05) is 28.3 Å². The molecule has 3 rings (SSSR count). The van der Waals surface area contributed by atoms with Gasteiger partial charge in [0.05, 0.1) is 24.1 Å². The molecule has 0 unspecified atom stereocenters. The third-order valence-electron chi connectivity index (χ3n) is 4.57. The van der Waals surface area contributed by atoms with Crippen molar-refractivity contribution in [1.82, 2.24) is 20.7 Å². The summed E-state index contributed by atoms with van der Waals surface area (Å²) in [4.78, 5) is 31.9. The molecule has 178 valence electrons. The number of hydrogen-bond acceptors (Lipinski definition) is 7. The van der Waals surface area contributed by atoms with Crippen LogP contribution in [0.25, 0.3) is 0 Å². The first-order chi connectivity index (χ1) is 16.4. The number of H-pyrrole nitrogens is 1. The number of hydrogen-bond donors (Lipinski definition) is 4. The van der Waals surface area contributed by atoms with Gasteiger partial charge in [0.15, 0.2) is 11.5 Å². The second kappa shape index (κ2) is 12.2. The monoisotopic (exact) mass is 593 g/mol. The highest BCUT2D eigenvalue weighted by Gasteiger charge is 2.23. The van der Waals surface area contributed by atoms with E-state index in [0.717, 1.165) is 5.56 Å². The number of halogens is 2. The Hall–Kier alpha value is -3.38. The number of hydrazone groups is 1. The van der Waals surface area contributed by atoms with Crippen LogP contribution >= 0.6 is 31.9 Å². The van der Waals surface area contributed by atoms with Gasteiger partial charge in [-0.25, -0.2) is 15.2 Å². The number of ether oxygens (including phenoxy) is 2. The molecule has 0 aliphatic carbocycles. The number of phenolic OH excluding ortho intramolecular Hbond substituents is 1. The van der Waals surface area contributed by atoms with Gasteiger partial charge in [-0.3, -0.25) is 4.79 Å². The van der Waals surface area contributed by atoms with Crippen LogP contribution in [0.3, 0.4) is 0 Å². The molecule has 4 N–H and O–H groups in total. The van der Waals surface area contributed by atoms with E-state index in [-0.39, 0.29) is 24.5 Å². The number of nitrogens with zero attached hydrogens (tertiary/aromatic N) is 2. The largest absolute Gasteiger partial charge is 0.503 e. The Labute approximate surface area is 212 Å². The minimum atomic E-state index is -0.981. The first-order valence-electron chi connectivity index (χ1n) is 9.91. The van der Waals surface area contributed by atoms with E-state index in [4.69, 9.17) is 9.47 Å². The van der Waals surface area contributed by atoms with Crippen LogP contribution in [-0.2, 0) is 22.6 Å². The van der Waals surface area contributed by atoms with Crippen molar-refractivity contribution in [2.24, 2.45) is 5.10 Å². The molecule has 10 nitrogen and oxygen atoms in total. The molecule has 0 spiro atoms. The van der Waals surface area contributed by atoms with E-state index >= 15 is 0 Å². The number of aromatic nitrogens is 2. The number of amides is 2. The lowest BCUT2D eigenvalue weighted by Crippen LogP contribution is -2.47. The quantitative estimate of drug-likeness (QED) is 0.220. The normalized spacial score (nSPS) is 11.7. The molecular weight excluding hydrogens is 574 g/mol. The number of aromatic amines is 1. The molecule has 34 heavy (non-hydrogen) atoms. The third-order valence-corrected chi connectivity index (χ3v) is 6.73. The minimum Gasteiger partial charge on any atom is -0.503 e. The number of carbonyl (C=O) groups is 2. The summed E-state index contributed by atoms with van der Waals surface area (Å²) in [5.41, 5.74) is 4.40. The SMILES string of the molecule is COc1cc(/C=N\NC(=O)[C@H](Cc2cnc[nH]2)NC(=O)OCc2ccccc2)c(Br)c(Br)c1O. The van der Waals surface area contributed by atoms with E-state index in [1.165, 1.54) is 19.7 Å². The van der Waals surface area contributed by atoms with Crippen molar-refractivity contribution in [2.75, 3.05) is 7.11 Å². The van der Waals surface area contributed by atoms with Gasteiger partial charge in [-0.15, -0.1) is 0 Å². The van der Waals surface area contributed by atoms with Crippen LogP contribution in [0.5, 0.6) is 11.5 Å². The molecule has 0 aliphatic heterocycles. The van der Waals surface area contributed by atoms with E-state index in [0.29, 0.717) is 20.2 Å². The lowest BCUT2D eigenvalue weighted by molar-refractivity contribution is -0.123. The van der Waals surface area contributed by atoms with Crippen LogP contribution in [0.1, 0.15) is 16.8 Å². The summed E-state index contributed by atoms with van der Waals surface area (Å²) < 4.78 is 11.2. The topological polar surface area (TPSA) is 138 Å². The summed E-state index contributed by atoms with van der Waals surface area (Å²) >= 11 is 6.61. The van der Waals surface area contributed by atoms with Gasteiger partial charge < -0.3 is 24.9 Å². The first-order valence-corrected chi connectivity index (χ1v) is 11.5. The van der Waals surface area contributed by atoms with E-state index in [9.17, 15) is 14.7 Å². The molecule has 2 amide bonds. The molecule has 1 aromatic heterocycles. The van der Waals surface area contributed by atoms with Crippen molar-refractivity contribution >= 4 is 50.1 Å². The summed E-state index contributed by atoms with van der Waals surface area (Å²) in [7, 11) is 1.42. The number of nitrogens with one attached hydrogen (secondary N) is 3. The molecule has 2 aromatic carbocycles. The predicted octanol–water partition coefficient (Wildman–Crippen LogP) is 3.64. The molecule has 12 heteroatoms. The van der Waals surface area contributed by atoms with Crippen molar-refractivity contribution in [3.63, 3.8) is 0 Å². The zero-order valence-electron chi connectivity index (χ0n) is 17.9. The summed E-state index contributed by atoms with van der Waals surface area (Å²) in [6, 6.07) is 9.75. The van der Waals surface area contributed by atoms with Crippen molar-refractivity contribution < 1.29 is 24.2 Å². The van der Waals surface area contributed by atoms with Crippen LogP contribution in [0.2, 0.25) is 0 Å². The van der Waals surface area contributed by atoms with Gasteiger partial charge in [0.1, 0.15) is 12.6 Å². The Balaban J connectivity index is 1.67. The lowest BCUT2D eigenvalue weighted by Gasteiger charge is -2.16. The molecule has 0 radical (unpaired) electrons. The van der Waals surface area contributed by atoms with Gasteiger partial charge in [-0.1, -0.05) is 30.3 Å². The summed E-state index contributed by atoms with van der Waals surface area (Å²) in [5.74, 6) is -0.417. The third kappa shape index (κ3) is 6.81. The number of phenols is 1. The van der Waals surface area contributed by atoms with Gasteiger partial charge in [0.2, 0.25) is 0 Å². The van der Waals surface area contributed by atoms with Gasteiger partial charge >= 0.3 is 6.09 Å². The van der Waals surface area contributed by atoms with Gasteiger partial charge in [-0.2, -0.15) is 5.10 Å². The second-order valence-electron chi connectivity index (χ2n) is 6.92. The molecular formula is C22H21Br2N5O5. The number of benzene rings is 2. The van der Waals surface area contributed by atoms with E-state index in [1.807, 2.05) is 30.3 Å². The Morgan fingerprint density at radius 3 is 2.71 bits per heavy atom. The standard InChI is InChI=1S/C22H21Br2N5O5/c1-33-17-7-14(18(23)19(24)20(17)30)9-27-29-21(31)16(8-15-10-25-12-26-15)28-22(32)34-11-13-5-3-2-4-6-13/h2-7,9-10,12,16,30H,8,11H2,1H3,(H,25,26)(H,28,32)(H,29,31)/b27-9-/t16-/m0/s1. The maximum atomic E-state index is 12.8. The zero-order chi connectivity index (χ0) is 24.5. The van der Waals surface area contributed by atoms with E-state index in [2.05, 4.69) is 57.7 Å². The summed E-state index contributed by atoms with van der Waals surface area (Å²) in [6.07, 6.45) is 3.80. The smallest absolute Gasteiger partial charge is 0.408 e.